The molecule has 0 amide bonds. The topological polar surface area (TPSA) is 9.23 Å². The van der Waals surface area contributed by atoms with Gasteiger partial charge in [-0.15, -0.1) is 6.42 Å². The number of ether oxygens (including phenoxy) is 1. The average Bonchev–Trinajstić information content (AvgIpc) is 2.26. The molecule has 0 heterocycles. The Kier molecular flexibility index (Phi) is 4.25. The molecule has 1 nitrogen and oxygen atoms in total. The molecule has 0 aliphatic heterocycles. The van der Waals surface area contributed by atoms with E-state index in [9.17, 15) is 0 Å². The van der Waals surface area contributed by atoms with Gasteiger partial charge in [0.2, 0.25) is 0 Å². The highest BCUT2D eigenvalue weighted by Crippen LogP contribution is 2.02. The minimum atomic E-state index is 0.291. The summed E-state index contributed by atoms with van der Waals surface area (Å²) in [5, 5.41) is 2.02. The second kappa shape index (κ2) is 5.72. The van der Waals surface area contributed by atoms with Gasteiger partial charge in [0, 0.05) is 0 Å². The van der Waals surface area contributed by atoms with Gasteiger partial charge in [0.05, 0.1) is 0 Å². The molecule has 76 valence electrons. The largest absolute Gasteiger partial charge is 0.481 e. The van der Waals surface area contributed by atoms with E-state index in [0.717, 1.165) is 16.2 Å². The maximum absolute atomic E-state index is 5.32. The highest BCUT2D eigenvalue weighted by Gasteiger charge is 1.90. The molecule has 0 atom stereocenters. The first-order valence-corrected chi connectivity index (χ1v) is 4.76. The second-order valence-electron chi connectivity index (χ2n) is 3.05. The summed E-state index contributed by atoms with van der Waals surface area (Å²) >= 11 is 0. The summed E-state index contributed by atoms with van der Waals surface area (Å²) in [4.78, 5) is 0. The van der Waals surface area contributed by atoms with E-state index >= 15 is 0 Å². The molecule has 0 fully saturated rings. The first-order valence-electron chi connectivity index (χ1n) is 4.76. The molecule has 0 radical (unpaired) electrons. The lowest BCUT2D eigenvalue weighted by molar-refractivity contribution is 0.370. The molecule has 0 aliphatic carbocycles. The van der Waals surface area contributed by atoms with Crippen molar-refractivity contribution in [2.75, 3.05) is 6.61 Å². The van der Waals surface area contributed by atoms with Crippen molar-refractivity contribution in [2.45, 2.75) is 6.92 Å². The van der Waals surface area contributed by atoms with Gasteiger partial charge in [0.1, 0.15) is 12.4 Å². The van der Waals surface area contributed by atoms with Crippen LogP contribution in [-0.2, 0) is 0 Å². The quantitative estimate of drug-likeness (QED) is 0.668. The Bertz CT molecular complexity index is 489. The molecule has 0 bridgehead atoms. The van der Waals surface area contributed by atoms with E-state index in [-0.39, 0.29) is 0 Å². The SMILES string of the molecule is C#CCOc1ccc(=C)/c(=C\C=C/C)c1. The maximum Gasteiger partial charge on any atom is 0.148 e. The molecule has 15 heavy (non-hydrogen) atoms. The number of benzene rings is 1. The van der Waals surface area contributed by atoms with Crippen molar-refractivity contribution >= 4 is 12.7 Å². The minimum Gasteiger partial charge on any atom is -0.481 e. The van der Waals surface area contributed by atoms with E-state index in [1.165, 1.54) is 0 Å². The van der Waals surface area contributed by atoms with E-state index in [2.05, 4.69) is 12.5 Å². The number of hydrogen-bond acceptors (Lipinski definition) is 1. The van der Waals surface area contributed by atoms with Gasteiger partial charge in [-0.05, 0) is 29.5 Å². The van der Waals surface area contributed by atoms with Crippen LogP contribution in [0.15, 0.2) is 30.4 Å². The third kappa shape index (κ3) is 3.36. The molecule has 1 aromatic carbocycles. The third-order valence-electron chi connectivity index (χ3n) is 1.91. The Morgan fingerprint density at radius 1 is 1.53 bits per heavy atom. The van der Waals surface area contributed by atoms with Crippen LogP contribution in [0, 0.1) is 12.3 Å². The van der Waals surface area contributed by atoms with Gasteiger partial charge >= 0.3 is 0 Å². The smallest absolute Gasteiger partial charge is 0.148 e. The standard InChI is InChI=1S/C14H14O/c1-4-6-7-13-11-14(15-10-5-2)9-8-12(13)3/h2,4,6-9,11H,3,10H2,1H3/b6-4-,13-7-. The summed E-state index contributed by atoms with van der Waals surface area (Å²) in [5.74, 6) is 3.21. The number of hydrogen-bond donors (Lipinski definition) is 0. The molecule has 0 saturated carbocycles. The molecule has 0 unspecified atom stereocenters. The number of allylic oxidation sites excluding steroid dienone is 2. The van der Waals surface area contributed by atoms with Crippen molar-refractivity contribution in [1.82, 2.24) is 0 Å². The Morgan fingerprint density at radius 2 is 2.33 bits per heavy atom. The Labute approximate surface area is 90.4 Å². The first kappa shape index (κ1) is 11.1. The Balaban J connectivity index is 3.07. The summed E-state index contributed by atoms with van der Waals surface area (Å²) in [5.41, 5.74) is 0. The predicted octanol–water partition coefficient (Wildman–Crippen LogP) is 1.47. The molecule has 1 aromatic rings. The van der Waals surface area contributed by atoms with Crippen molar-refractivity contribution < 1.29 is 4.74 Å². The van der Waals surface area contributed by atoms with Gasteiger partial charge < -0.3 is 4.74 Å². The zero-order chi connectivity index (χ0) is 11.1. The van der Waals surface area contributed by atoms with Gasteiger partial charge in [-0.1, -0.05) is 36.8 Å². The van der Waals surface area contributed by atoms with Gasteiger partial charge in [-0.3, -0.25) is 0 Å². The van der Waals surface area contributed by atoms with Crippen LogP contribution in [0.4, 0.5) is 0 Å². The zero-order valence-corrected chi connectivity index (χ0v) is 8.86. The molecular weight excluding hydrogens is 184 g/mol. The van der Waals surface area contributed by atoms with E-state index < -0.39 is 0 Å². The van der Waals surface area contributed by atoms with Crippen LogP contribution in [0.3, 0.4) is 0 Å². The third-order valence-corrected chi connectivity index (χ3v) is 1.91. The van der Waals surface area contributed by atoms with Crippen molar-refractivity contribution in [2.24, 2.45) is 0 Å². The fourth-order valence-electron chi connectivity index (χ4n) is 1.14. The van der Waals surface area contributed by atoms with Crippen molar-refractivity contribution in [3.63, 3.8) is 0 Å². The van der Waals surface area contributed by atoms with Crippen LogP contribution in [0.25, 0.3) is 12.7 Å². The Morgan fingerprint density at radius 3 is 3.00 bits per heavy atom. The van der Waals surface area contributed by atoms with Crippen molar-refractivity contribution in [3.8, 4) is 18.1 Å². The summed E-state index contributed by atoms with van der Waals surface area (Å²) < 4.78 is 5.32. The molecule has 0 saturated heterocycles. The van der Waals surface area contributed by atoms with Crippen LogP contribution in [0.1, 0.15) is 6.92 Å². The molecule has 0 aromatic heterocycles. The lowest BCUT2D eigenvalue weighted by Crippen LogP contribution is -2.22. The van der Waals surface area contributed by atoms with Gasteiger partial charge in [0.15, 0.2) is 0 Å². The van der Waals surface area contributed by atoms with E-state index in [1.807, 2.05) is 43.4 Å². The first-order chi connectivity index (χ1) is 7.27. The summed E-state index contributed by atoms with van der Waals surface area (Å²) in [6.45, 7) is 6.20. The van der Waals surface area contributed by atoms with E-state index in [4.69, 9.17) is 11.2 Å². The van der Waals surface area contributed by atoms with Crippen LogP contribution >= 0.6 is 0 Å². The number of terminal acetylenes is 1. The number of rotatable bonds is 3. The lowest BCUT2D eigenvalue weighted by Gasteiger charge is -2.01. The fourth-order valence-corrected chi connectivity index (χ4v) is 1.14. The molecule has 0 N–H and O–H groups in total. The summed E-state index contributed by atoms with van der Waals surface area (Å²) in [6, 6.07) is 5.72. The molecule has 1 rings (SSSR count). The van der Waals surface area contributed by atoms with Crippen molar-refractivity contribution in [1.29, 1.82) is 0 Å². The van der Waals surface area contributed by atoms with E-state index in [0.29, 0.717) is 6.61 Å². The van der Waals surface area contributed by atoms with Crippen LogP contribution in [0.5, 0.6) is 5.75 Å². The summed E-state index contributed by atoms with van der Waals surface area (Å²) in [7, 11) is 0. The van der Waals surface area contributed by atoms with Gasteiger partial charge in [-0.25, -0.2) is 0 Å². The minimum absolute atomic E-state index is 0.291. The normalized spacial score (nSPS) is 11.6. The average molecular weight is 198 g/mol. The molecule has 0 spiro atoms. The zero-order valence-electron chi connectivity index (χ0n) is 8.86. The molecule has 1 heteroatoms. The van der Waals surface area contributed by atoms with Gasteiger partial charge in [0.25, 0.3) is 0 Å². The summed E-state index contributed by atoms with van der Waals surface area (Å²) in [6.07, 6.45) is 11.0. The lowest BCUT2D eigenvalue weighted by atomic mass is 10.2. The second-order valence-corrected chi connectivity index (χ2v) is 3.05. The van der Waals surface area contributed by atoms with Crippen LogP contribution < -0.4 is 15.2 Å². The fraction of sp³-hybridized carbons (Fsp3) is 0.143. The molecule has 0 aliphatic rings. The highest BCUT2D eigenvalue weighted by molar-refractivity contribution is 5.40. The molecular formula is C14H14O. The van der Waals surface area contributed by atoms with Gasteiger partial charge in [-0.2, -0.15) is 0 Å². The highest BCUT2D eigenvalue weighted by atomic mass is 16.5. The Hall–Kier alpha value is -1.94. The monoisotopic (exact) mass is 198 g/mol. The van der Waals surface area contributed by atoms with Crippen molar-refractivity contribution in [3.05, 3.63) is 40.8 Å². The predicted molar refractivity (Wildman–Crippen MR) is 64.8 cm³/mol. The van der Waals surface area contributed by atoms with Crippen LogP contribution in [0.2, 0.25) is 0 Å². The van der Waals surface area contributed by atoms with E-state index in [1.54, 1.807) is 0 Å². The van der Waals surface area contributed by atoms with Crippen LogP contribution in [-0.4, -0.2) is 6.61 Å². The maximum atomic E-state index is 5.32.